The average Bonchev–Trinajstić information content (AvgIpc) is 2.89. The smallest absolute Gasteiger partial charge is 0.429 e. The minimum Gasteiger partial charge on any atom is -0.429 e. The van der Waals surface area contributed by atoms with Crippen molar-refractivity contribution in [2.24, 2.45) is 0 Å². The van der Waals surface area contributed by atoms with Gasteiger partial charge in [0, 0.05) is 17.7 Å². The lowest BCUT2D eigenvalue weighted by atomic mass is 10.0. The summed E-state index contributed by atoms with van der Waals surface area (Å²) in [4.78, 5) is 0. The first-order chi connectivity index (χ1) is 19.0. The maximum atomic E-state index is 14.8. The summed E-state index contributed by atoms with van der Waals surface area (Å²) in [5.41, 5.74) is -0.576. The molecule has 0 fully saturated rings. The average molecular weight is 558 g/mol. The summed E-state index contributed by atoms with van der Waals surface area (Å²) in [7, 11) is 0. The predicted octanol–water partition coefficient (Wildman–Crippen LogP) is 8.83. The Morgan fingerprint density at radius 2 is 1.30 bits per heavy atom. The third kappa shape index (κ3) is 6.34. The molecule has 9 heteroatoms. The van der Waals surface area contributed by atoms with Crippen LogP contribution >= 0.6 is 0 Å². The van der Waals surface area contributed by atoms with Crippen LogP contribution in [0, 0.1) is 46.7 Å². The number of allylic oxidation sites excluding steroid dienone is 1. The Balaban J connectivity index is 1.54. The second-order valence-electron chi connectivity index (χ2n) is 8.60. The first kappa shape index (κ1) is 28.4. The van der Waals surface area contributed by atoms with Gasteiger partial charge in [0.15, 0.2) is 17.5 Å². The third-order valence-electron chi connectivity index (χ3n) is 5.78. The van der Waals surface area contributed by atoms with Gasteiger partial charge in [0.05, 0.1) is 11.1 Å². The molecule has 0 aromatic heterocycles. The zero-order valence-corrected chi connectivity index (χ0v) is 20.5. The highest BCUT2D eigenvalue weighted by Crippen LogP contribution is 2.36. The van der Waals surface area contributed by atoms with E-state index in [0.29, 0.717) is 35.4 Å². The van der Waals surface area contributed by atoms with Gasteiger partial charge in [0.2, 0.25) is 0 Å². The summed E-state index contributed by atoms with van der Waals surface area (Å²) < 4.78 is 117. The molecule has 0 aliphatic heterocycles. The third-order valence-corrected chi connectivity index (χ3v) is 5.78. The van der Waals surface area contributed by atoms with E-state index >= 15 is 0 Å². The highest BCUT2D eigenvalue weighted by atomic mass is 19.3. The second-order valence-corrected chi connectivity index (χ2v) is 8.60. The summed E-state index contributed by atoms with van der Waals surface area (Å²) in [5, 5.41) is 0. The van der Waals surface area contributed by atoms with E-state index in [0.717, 1.165) is 30.5 Å². The molecule has 204 valence electrons. The van der Waals surface area contributed by atoms with Gasteiger partial charge in [-0.3, -0.25) is 0 Å². The van der Waals surface area contributed by atoms with Gasteiger partial charge in [0.1, 0.15) is 23.2 Å². The Kier molecular flexibility index (Phi) is 8.29. The minimum atomic E-state index is -4.31. The number of hydrogen-bond donors (Lipinski definition) is 0. The van der Waals surface area contributed by atoms with Crippen LogP contribution in [-0.2, 0) is 12.5 Å². The molecule has 0 bridgehead atoms. The summed E-state index contributed by atoms with van der Waals surface area (Å²) in [6.07, 6.45) is -0.992. The number of aryl methyl sites for hydroxylation is 1. The molecule has 0 amide bonds. The molecule has 0 aliphatic rings. The number of benzene rings is 4. The van der Waals surface area contributed by atoms with Crippen molar-refractivity contribution in [2.75, 3.05) is 0 Å². The number of hydrogen-bond acceptors (Lipinski definition) is 1. The highest BCUT2D eigenvalue weighted by molar-refractivity contribution is 5.64. The van der Waals surface area contributed by atoms with Crippen LogP contribution in [0.5, 0.6) is 5.75 Å². The molecule has 4 rings (SSSR count). The van der Waals surface area contributed by atoms with Gasteiger partial charge in [-0.15, -0.1) is 6.58 Å². The van der Waals surface area contributed by atoms with E-state index in [-0.39, 0.29) is 0 Å². The molecule has 4 aromatic rings. The lowest BCUT2D eigenvalue weighted by Crippen LogP contribution is -2.23. The summed E-state index contributed by atoms with van der Waals surface area (Å²) in [6.45, 7) is 3.66. The largest absolute Gasteiger partial charge is 0.429 e. The maximum absolute atomic E-state index is 14.8. The molecule has 0 heterocycles. The van der Waals surface area contributed by atoms with Crippen molar-refractivity contribution in [1.29, 1.82) is 0 Å². The standard InChI is InChI=1S/C31H18F8O/c1-2-3-4-18-5-8-20(9-6-18)21-10-12-24(27(34)15-21)31(38,39)40-22-16-25(32)23(26(33)17-22)11-7-19-13-28(35)30(37)29(36)14-19/h2,5-6,8-10,12-17H,1,3-4H2. The summed E-state index contributed by atoms with van der Waals surface area (Å²) in [6, 6.07) is 11.9. The van der Waals surface area contributed by atoms with E-state index in [1.165, 1.54) is 6.07 Å². The number of alkyl halides is 2. The molecule has 0 saturated carbocycles. The van der Waals surface area contributed by atoms with Crippen LogP contribution in [0.4, 0.5) is 35.1 Å². The fourth-order valence-corrected chi connectivity index (χ4v) is 3.76. The maximum Gasteiger partial charge on any atom is 0.429 e. The van der Waals surface area contributed by atoms with Crippen LogP contribution in [0.1, 0.15) is 28.7 Å². The van der Waals surface area contributed by atoms with Crippen LogP contribution in [0.25, 0.3) is 11.1 Å². The van der Waals surface area contributed by atoms with Crippen molar-refractivity contribution >= 4 is 0 Å². The number of rotatable bonds is 7. The molecular weight excluding hydrogens is 540 g/mol. The monoisotopic (exact) mass is 558 g/mol. The Bertz CT molecular complexity index is 1590. The van der Waals surface area contributed by atoms with E-state index < -0.39 is 63.5 Å². The summed E-state index contributed by atoms with van der Waals surface area (Å²) >= 11 is 0. The van der Waals surface area contributed by atoms with Gasteiger partial charge >= 0.3 is 6.11 Å². The molecular formula is C31H18F8O. The second kappa shape index (κ2) is 11.7. The minimum absolute atomic E-state index is 0.327. The number of ether oxygens (including phenoxy) is 1. The quantitative estimate of drug-likeness (QED) is 0.0953. The van der Waals surface area contributed by atoms with E-state index in [9.17, 15) is 35.1 Å². The van der Waals surface area contributed by atoms with E-state index in [4.69, 9.17) is 0 Å². The van der Waals surface area contributed by atoms with E-state index in [2.05, 4.69) is 17.2 Å². The molecule has 0 aliphatic carbocycles. The molecule has 0 spiro atoms. The van der Waals surface area contributed by atoms with Gasteiger partial charge in [0.25, 0.3) is 0 Å². The van der Waals surface area contributed by atoms with Crippen molar-refractivity contribution in [2.45, 2.75) is 19.0 Å². The first-order valence-electron chi connectivity index (χ1n) is 11.7. The Labute approximate surface area is 224 Å². The predicted molar refractivity (Wildman–Crippen MR) is 134 cm³/mol. The van der Waals surface area contributed by atoms with Crippen LogP contribution in [0.3, 0.4) is 0 Å². The van der Waals surface area contributed by atoms with Crippen molar-refractivity contribution in [3.8, 4) is 28.7 Å². The van der Waals surface area contributed by atoms with Crippen LogP contribution in [-0.4, -0.2) is 0 Å². The van der Waals surface area contributed by atoms with Crippen molar-refractivity contribution in [3.63, 3.8) is 0 Å². The van der Waals surface area contributed by atoms with Gasteiger partial charge in [-0.25, -0.2) is 26.3 Å². The van der Waals surface area contributed by atoms with Crippen LogP contribution in [0.2, 0.25) is 0 Å². The first-order valence-corrected chi connectivity index (χ1v) is 11.7. The zero-order chi connectivity index (χ0) is 29.0. The molecule has 0 saturated heterocycles. The fourth-order valence-electron chi connectivity index (χ4n) is 3.76. The molecule has 0 radical (unpaired) electrons. The molecule has 40 heavy (non-hydrogen) atoms. The number of halogens is 8. The van der Waals surface area contributed by atoms with Gasteiger partial charge < -0.3 is 4.74 Å². The molecule has 1 nitrogen and oxygen atoms in total. The topological polar surface area (TPSA) is 9.23 Å². The van der Waals surface area contributed by atoms with Gasteiger partial charge in [-0.2, -0.15) is 8.78 Å². The lowest BCUT2D eigenvalue weighted by Gasteiger charge is -2.19. The molecule has 0 N–H and O–H groups in total. The van der Waals surface area contributed by atoms with Crippen molar-refractivity contribution < 1.29 is 39.9 Å². The Morgan fingerprint density at radius 3 is 1.88 bits per heavy atom. The van der Waals surface area contributed by atoms with E-state index in [1.54, 1.807) is 18.2 Å². The zero-order valence-electron chi connectivity index (χ0n) is 20.5. The van der Waals surface area contributed by atoms with Crippen LogP contribution < -0.4 is 4.74 Å². The fraction of sp³-hybridized carbons (Fsp3) is 0.0968. The Morgan fingerprint density at radius 1 is 0.700 bits per heavy atom. The lowest BCUT2D eigenvalue weighted by molar-refractivity contribution is -0.187. The summed E-state index contributed by atoms with van der Waals surface area (Å²) in [5.74, 6) is -5.98. The van der Waals surface area contributed by atoms with Crippen LogP contribution in [0.15, 0.2) is 79.4 Å². The SMILES string of the molecule is C=CCCc1ccc(-c2ccc(C(F)(F)Oc3cc(F)c(C#Cc4cc(F)c(F)c(F)c4)c(F)c3)c(F)c2)cc1. The normalized spacial score (nSPS) is 11.1. The van der Waals surface area contributed by atoms with E-state index in [1.807, 2.05) is 18.1 Å². The van der Waals surface area contributed by atoms with Gasteiger partial charge in [-0.05, 0) is 53.8 Å². The molecule has 0 atom stereocenters. The molecule has 4 aromatic carbocycles. The highest BCUT2D eigenvalue weighted by Gasteiger charge is 2.38. The van der Waals surface area contributed by atoms with Crippen molar-refractivity contribution in [3.05, 3.63) is 137 Å². The van der Waals surface area contributed by atoms with Gasteiger partial charge in [-0.1, -0.05) is 48.2 Å². The molecule has 0 unspecified atom stereocenters. The van der Waals surface area contributed by atoms with Crippen molar-refractivity contribution in [1.82, 2.24) is 0 Å². The Hall–Kier alpha value is -4.58.